The number of hydrogen-bond donors (Lipinski definition) is 1. The third-order valence-electron chi connectivity index (χ3n) is 3.28. The van der Waals surface area contributed by atoms with Crippen LogP contribution in [0.1, 0.15) is 15.4 Å². The molecule has 1 aromatic carbocycles. The van der Waals surface area contributed by atoms with Crippen LogP contribution >= 0.6 is 23.1 Å². The average Bonchev–Trinajstić information content (AvgIpc) is 3.10. The van der Waals surface area contributed by atoms with E-state index in [4.69, 9.17) is 0 Å². The summed E-state index contributed by atoms with van der Waals surface area (Å²) < 4.78 is 0. The summed E-state index contributed by atoms with van der Waals surface area (Å²) in [5.41, 5.74) is 3.19. The fourth-order valence-corrected chi connectivity index (χ4v) is 3.95. The summed E-state index contributed by atoms with van der Waals surface area (Å²) in [6.45, 7) is 4.82. The molecule has 1 amide bonds. The van der Waals surface area contributed by atoms with Crippen molar-refractivity contribution in [1.29, 1.82) is 0 Å². The zero-order valence-electron chi connectivity index (χ0n) is 12.5. The minimum Gasteiger partial charge on any atom is -0.305 e. The van der Waals surface area contributed by atoms with Gasteiger partial charge in [0.2, 0.25) is 5.91 Å². The highest BCUT2D eigenvalue weighted by Crippen LogP contribution is 2.28. The van der Waals surface area contributed by atoms with Crippen LogP contribution in [0, 0.1) is 13.8 Å². The maximum absolute atomic E-state index is 12.2. The van der Waals surface area contributed by atoms with Crippen molar-refractivity contribution in [2.45, 2.75) is 20.3 Å². The van der Waals surface area contributed by atoms with Gasteiger partial charge in [0.15, 0.2) is 5.17 Å². The zero-order valence-corrected chi connectivity index (χ0v) is 14.2. The minimum absolute atomic E-state index is 0.0230. The Morgan fingerprint density at radius 2 is 2.05 bits per heavy atom. The normalized spacial score (nSPS) is 14.0. The van der Waals surface area contributed by atoms with Gasteiger partial charge in [-0.05, 0) is 13.8 Å². The van der Waals surface area contributed by atoms with Gasteiger partial charge in [0.25, 0.3) is 0 Å². The molecule has 0 fully saturated rings. The molecule has 2 aromatic rings. The molecule has 114 valence electrons. The quantitative estimate of drug-likeness (QED) is 0.940. The first-order valence-electron chi connectivity index (χ1n) is 7.12. The van der Waals surface area contributed by atoms with E-state index in [1.807, 2.05) is 6.92 Å². The molecule has 0 unspecified atom stereocenters. The molecule has 1 aliphatic heterocycles. The van der Waals surface area contributed by atoms with E-state index in [2.05, 4.69) is 46.5 Å². The second-order valence-electron chi connectivity index (χ2n) is 5.13. The van der Waals surface area contributed by atoms with Crippen LogP contribution in [0.25, 0.3) is 11.3 Å². The largest absolute Gasteiger partial charge is 0.305 e. The second kappa shape index (κ2) is 6.62. The van der Waals surface area contributed by atoms with Gasteiger partial charge < -0.3 is 5.32 Å². The third-order valence-corrected chi connectivity index (χ3v) is 5.14. The SMILES string of the molecule is Cc1ccc(-c2nc(C)sc2CC(=O)NC2=NCCS2)cc1. The molecule has 2 heterocycles. The van der Waals surface area contributed by atoms with E-state index in [0.29, 0.717) is 6.42 Å². The van der Waals surface area contributed by atoms with E-state index in [-0.39, 0.29) is 5.91 Å². The van der Waals surface area contributed by atoms with Crippen LogP contribution in [0.2, 0.25) is 0 Å². The Labute approximate surface area is 138 Å². The van der Waals surface area contributed by atoms with Gasteiger partial charge in [0.05, 0.1) is 23.7 Å². The Hall–Kier alpha value is -1.66. The topological polar surface area (TPSA) is 54.4 Å². The molecule has 0 atom stereocenters. The summed E-state index contributed by atoms with van der Waals surface area (Å²) in [6, 6.07) is 8.25. The van der Waals surface area contributed by atoms with Crippen molar-refractivity contribution in [3.63, 3.8) is 0 Å². The Morgan fingerprint density at radius 1 is 1.27 bits per heavy atom. The van der Waals surface area contributed by atoms with E-state index >= 15 is 0 Å². The van der Waals surface area contributed by atoms with Gasteiger partial charge in [-0.3, -0.25) is 9.79 Å². The van der Waals surface area contributed by atoms with E-state index in [1.54, 1.807) is 23.1 Å². The monoisotopic (exact) mass is 331 g/mol. The number of rotatable bonds is 3. The van der Waals surface area contributed by atoms with Gasteiger partial charge in [-0.2, -0.15) is 0 Å². The highest BCUT2D eigenvalue weighted by molar-refractivity contribution is 8.14. The van der Waals surface area contributed by atoms with E-state index in [1.165, 1.54) is 5.56 Å². The van der Waals surface area contributed by atoms with Crippen LogP contribution in [0.3, 0.4) is 0 Å². The molecular weight excluding hydrogens is 314 g/mol. The van der Waals surface area contributed by atoms with Gasteiger partial charge in [-0.15, -0.1) is 11.3 Å². The number of thioether (sulfide) groups is 1. The molecule has 4 nitrogen and oxygen atoms in total. The van der Waals surface area contributed by atoms with Crippen LogP contribution in [-0.2, 0) is 11.2 Å². The molecule has 0 saturated carbocycles. The number of benzene rings is 1. The number of nitrogens with one attached hydrogen (secondary N) is 1. The second-order valence-corrected chi connectivity index (χ2v) is 7.50. The van der Waals surface area contributed by atoms with Crippen molar-refractivity contribution < 1.29 is 4.79 Å². The smallest absolute Gasteiger partial charge is 0.231 e. The molecule has 0 radical (unpaired) electrons. The van der Waals surface area contributed by atoms with Gasteiger partial charge in [0, 0.05) is 16.2 Å². The van der Waals surface area contributed by atoms with Crippen molar-refractivity contribution >= 4 is 34.2 Å². The van der Waals surface area contributed by atoms with Crippen molar-refractivity contribution in [2.24, 2.45) is 4.99 Å². The fraction of sp³-hybridized carbons (Fsp3) is 0.312. The van der Waals surface area contributed by atoms with E-state index < -0.39 is 0 Å². The summed E-state index contributed by atoms with van der Waals surface area (Å²) in [7, 11) is 0. The Bertz CT molecular complexity index is 719. The molecule has 0 saturated heterocycles. The number of carbonyl (C=O) groups is 1. The Balaban J connectivity index is 1.78. The van der Waals surface area contributed by atoms with Crippen LogP contribution in [-0.4, -0.2) is 28.4 Å². The summed E-state index contributed by atoms with van der Waals surface area (Å²) in [4.78, 5) is 22.0. The maximum atomic E-state index is 12.2. The predicted molar refractivity (Wildman–Crippen MR) is 93.6 cm³/mol. The van der Waals surface area contributed by atoms with Crippen LogP contribution in [0.4, 0.5) is 0 Å². The van der Waals surface area contributed by atoms with Crippen molar-refractivity contribution in [3.05, 3.63) is 39.7 Å². The number of carbonyl (C=O) groups excluding carboxylic acids is 1. The van der Waals surface area contributed by atoms with Gasteiger partial charge in [-0.1, -0.05) is 41.6 Å². The molecule has 0 bridgehead atoms. The molecule has 22 heavy (non-hydrogen) atoms. The van der Waals surface area contributed by atoms with E-state index in [9.17, 15) is 4.79 Å². The minimum atomic E-state index is -0.0230. The lowest BCUT2D eigenvalue weighted by Gasteiger charge is -2.05. The number of thiazole rings is 1. The molecule has 0 spiro atoms. The molecule has 3 rings (SSSR count). The van der Waals surface area contributed by atoms with Gasteiger partial charge in [0.1, 0.15) is 0 Å². The summed E-state index contributed by atoms with van der Waals surface area (Å²) in [6.07, 6.45) is 0.342. The molecule has 1 aliphatic rings. The average molecular weight is 331 g/mol. The number of hydrogen-bond acceptors (Lipinski definition) is 5. The maximum Gasteiger partial charge on any atom is 0.231 e. The lowest BCUT2D eigenvalue weighted by Crippen LogP contribution is -2.28. The Morgan fingerprint density at radius 3 is 2.73 bits per heavy atom. The molecular formula is C16H17N3OS2. The number of aromatic nitrogens is 1. The molecule has 1 N–H and O–H groups in total. The first-order valence-corrected chi connectivity index (χ1v) is 8.92. The van der Waals surface area contributed by atoms with Crippen molar-refractivity contribution in [2.75, 3.05) is 12.3 Å². The Kier molecular flexibility index (Phi) is 4.59. The standard InChI is InChI=1S/C16H17N3OS2/c1-10-3-5-12(6-4-10)15-13(22-11(2)18-15)9-14(20)19-16-17-7-8-21-16/h3-6H,7-9H2,1-2H3,(H,17,19,20). The van der Waals surface area contributed by atoms with Crippen LogP contribution in [0.5, 0.6) is 0 Å². The number of aryl methyl sites for hydroxylation is 2. The zero-order chi connectivity index (χ0) is 15.5. The fourth-order valence-electron chi connectivity index (χ4n) is 2.25. The van der Waals surface area contributed by atoms with Gasteiger partial charge in [-0.25, -0.2) is 4.98 Å². The number of amides is 1. The molecule has 1 aromatic heterocycles. The summed E-state index contributed by atoms with van der Waals surface area (Å²) in [5.74, 6) is 0.925. The van der Waals surface area contributed by atoms with E-state index in [0.717, 1.165) is 38.6 Å². The first-order chi connectivity index (χ1) is 10.6. The highest BCUT2D eigenvalue weighted by atomic mass is 32.2. The first kappa shape index (κ1) is 15.2. The summed E-state index contributed by atoms with van der Waals surface area (Å²) in [5, 5.41) is 4.59. The van der Waals surface area contributed by atoms with Crippen LogP contribution < -0.4 is 5.32 Å². The number of aliphatic imine (C=N–C) groups is 1. The molecule has 6 heteroatoms. The number of amidine groups is 1. The highest BCUT2D eigenvalue weighted by Gasteiger charge is 2.17. The predicted octanol–water partition coefficient (Wildman–Crippen LogP) is 3.19. The number of nitrogens with zero attached hydrogens (tertiary/aromatic N) is 2. The molecule has 0 aliphatic carbocycles. The lowest BCUT2D eigenvalue weighted by molar-refractivity contribution is -0.118. The third kappa shape index (κ3) is 3.56. The van der Waals surface area contributed by atoms with Crippen molar-refractivity contribution in [3.8, 4) is 11.3 Å². The van der Waals surface area contributed by atoms with Gasteiger partial charge >= 0.3 is 0 Å². The van der Waals surface area contributed by atoms with Crippen molar-refractivity contribution in [1.82, 2.24) is 10.3 Å². The summed E-state index contributed by atoms with van der Waals surface area (Å²) >= 11 is 3.18. The lowest BCUT2D eigenvalue weighted by atomic mass is 10.1. The van der Waals surface area contributed by atoms with Crippen LogP contribution in [0.15, 0.2) is 29.3 Å².